The Kier molecular flexibility index (Phi) is 5.61. The van der Waals surface area contributed by atoms with E-state index in [2.05, 4.69) is 31.2 Å². The maximum atomic E-state index is 5.34. The average molecular weight is 242 g/mol. The topological polar surface area (TPSA) is 56.5 Å². The number of nitrogens with zero attached hydrogens (tertiary/aromatic N) is 1. The first kappa shape index (κ1) is 14.2. The molecule has 0 saturated carbocycles. The molecule has 0 atom stereocenters. The Morgan fingerprint density at radius 2 is 2.12 bits per heavy atom. The summed E-state index contributed by atoms with van der Waals surface area (Å²) in [6.07, 6.45) is 0. The van der Waals surface area contributed by atoms with E-state index in [1.165, 1.54) is 0 Å². The van der Waals surface area contributed by atoms with Gasteiger partial charge in [0, 0.05) is 25.3 Å². The molecular weight excluding hydrogens is 220 g/mol. The lowest BCUT2D eigenvalue weighted by Crippen LogP contribution is -2.35. The van der Waals surface area contributed by atoms with Crippen LogP contribution in [0.5, 0.6) is 0 Å². The lowest BCUT2D eigenvalue weighted by Gasteiger charge is -2.19. The van der Waals surface area contributed by atoms with Gasteiger partial charge in [-0.3, -0.25) is 0 Å². The number of rotatable bonds is 7. The SMILES string of the molecule is COCCOCc1cc(CNC(C)(C)C)no1. The lowest BCUT2D eigenvalue weighted by molar-refractivity contribution is 0.0514. The first-order valence-corrected chi connectivity index (χ1v) is 5.77. The highest BCUT2D eigenvalue weighted by Gasteiger charge is 2.10. The summed E-state index contributed by atoms with van der Waals surface area (Å²) in [5, 5.41) is 7.31. The van der Waals surface area contributed by atoms with Crippen molar-refractivity contribution < 1.29 is 14.0 Å². The van der Waals surface area contributed by atoms with Gasteiger partial charge in [-0.05, 0) is 20.8 Å². The van der Waals surface area contributed by atoms with E-state index in [4.69, 9.17) is 14.0 Å². The molecule has 1 N–H and O–H groups in total. The van der Waals surface area contributed by atoms with Gasteiger partial charge in [0.25, 0.3) is 0 Å². The third-order valence-corrected chi connectivity index (χ3v) is 2.08. The summed E-state index contributed by atoms with van der Waals surface area (Å²) in [7, 11) is 1.65. The number of ether oxygens (including phenoxy) is 2. The molecule has 0 aromatic carbocycles. The van der Waals surface area contributed by atoms with E-state index in [1.807, 2.05) is 6.07 Å². The predicted molar refractivity (Wildman–Crippen MR) is 64.6 cm³/mol. The Bertz CT molecular complexity index is 318. The number of methoxy groups -OCH3 is 1. The van der Waals surface area contributed by atoms with Crippen molar-refractivity contribution >= 4 is 0 Å². The van der Waals surface area contributed by atoms with Gasteiger partial charge in [0.1, 0.15) is 6.61 Å². The summed E-state index contributed by atoms with van der Waals surface area (Å²) in [6.45, 7) is 8.63. The second kappa shape index (κ2) is 6.74. The van der Waals surface area contributed by atoms with Gasteiger partial charge >= 0.3 is 0 Å². The zero-order valence-corrected chi connectivity index (χ0v) is 11.1. The zero-order valence-electron chi connectivity index (χ0n) is 11.1. The Morgan fingerprint density at radius 1 is 1.35 bits per heavy atom. The first-order valence-electron chi connectivity index (χ1n) is 5.77. The molecule has 17 heavy (non-hydrogen) atoms. The molecule has 0 fully saturated rings. The molecule has 0 bridgehead atoms. The van der Waals surface area contributed by atoms with Crippen LogP contribution in [-0.2, 0) is 22.6 Å². The molecule has 0 aliphatic heterocycles. The molecule has 1 heterocycles. The fourth-order valence-corrected chi connectivity index (χ4v) is 1.18. The van der Waals surface area contributed by atoms with Crippen LogP contribution >= 0.6 is 0 Å². The molecule has 0 amide bonds. The van der Waals surface area contributed by atoms with E-state index in [-0.39, 0.29) is 5.54 Å². The van der Waals surface area contributed by atoms with Crippen LogP contribution in [0.2, 0.25) is 0 Å². The van der Waals surface area contributed by atoms with Gasteiger partial charge in [-0.15, -0.1) is 0 Å². The fourth-order valence-electron chi connectivity index (χ4n) is 1.18. The van der Waals surface area contributed by atoms with E-state index in [0.29, 0.717) is 26.4 Å². The standard InChI is InChI=1S/C12H22N2O3/c1-12(2,3)13-8-10-7-11(17-14-10)9-16-6-5-15-4/h7,13H,5-6,8-9H2,1-4H3. The third-order valence-electron chi connectivity index (χ3n) is 2.08. The smallest absolute Gasteiger partial charge is 0.162 e. The highest BCUT2D eigenvalue weighted by Crippen LogP contribution is 2.07. The van der Waals surface area contributed by atoms with Crippen molar-refractivity contribution in [3.8, 4) is 0 Å². The second-order valence-corrected chi connectivity index (χ2v) is 4.93. The van der Waals surface area contributed by atoms with Crippen LogP contribution in [0.25, 0.3) is 0 Å². The molecule has 1 rings (SSSR count). The van der Waals surface area contributed by atoms with E-state index in [9.17, 15) is 0 Å². The predicted octanol–water partition coefficient (Wildman–Crippen LogP) is 1.73. The van der Waals surface area contributed by atoms with Gasteiger partial charge in [0.2, 0.25) is 0 Å². The molecule has 98 valence electrons. The minimum atomic E-state index is 0.0775. The highest BCUT2D eigenvalue weighted by molar-refractivity contribution is 5.04. The number of hydrogen-bond acceptors (Lipinski definition) is 5. The number of nitrogens with one attached hydrogen (secondary N) is 1. The summed E-state index contributed by atoms with van der Waals surface area (Å²) >= 11 is 0. The minimum absolute atomic E-state index is 0.0775. The molecule has 1 aromatic heterocycles. The van der Waals surface area contributed by atoms with Crippen molar-refractivity contribution in [2.45, 2.75) is 39.5 Å². The Labute approximate surface area is 102 Å². The highest BCUT2D eigenvalue weighted by atomic mass is 16.5. The van der Waals surface area contributed by atoms with Crippen molar-refractivity contribution in [2.75, 3.05) is 20.3 Å². The second-order valence-electron chi connectivity index (χ2n) is 4.93. The van der Waals surface area contributed by atoms with Crippen molar-refractivity contribution in [3.63, 3.8) is 0 Å². The summed E-state index contributed by atoms with van der Waals surface area (Å²) in [5.41, 5.74) is 0.971. The molecule has 0 saturated heterocycles. The lowest BCUT2D eigenvalue weighted by atomic mass is 10.1. The maximum Gasteiger partial charge on any atom is 0.162 e. The largest absolute Gasteiger partial charge is 0.382 e. The molecule has 0 aliphatic carbocycles. The van der Waals surface area contributed by atoms with Crippen LogP contribution in [0.15, 0.2) is 10.6 Å². The van der Waals surface area contributed by atoms with Crippen LogP contribution in [0.1, 0.15) is 32.2 Å². The number of aromatic nitrogens is 1. The van der Waals surface area contributed by atoms with Gasteiger partial charge in [-0.1, -0.05) is 5.16 Å². The van der Waals surface area contributed by atoms with Gasteiger partial charge in [-0.2, -0.15) is 0 Å². The summed E-state index contributed by atoms with van der Waals surface area (Å²) in [6, 6.07) is 1.91. The van der Waals surface area contributed by atoms with Crippen LogP contribution in [0.3, 0.4) is 0 Å². The van der Waals surface area contributed by atoms with E-state index >= 15 is 0 Å². The Balaban J connectivity index is 2.28. The van der Waals surface area contributed by atoms with Crippen molar-refractivity contribution in [2.24, 2.45) is 0 Å². The average Bonchev–Trinajstić information content (AvgIpc) is 2.69. The minimum Gasteiger partial charge on any atom is -0.382 e. The third kappa shape index (κ3) is 6.41. The molecule has 5 nitrogen and oxygen atoms in total. The Hall–Kier alpha value is -0.910. The van der Waals surface area contributed by atoms with Crippen molar-refractivity contribution in [1.29, 1.82) is 0 Å². The van der Waals surface area contributed by atoms with Crippen molar-refractivity contribution in [1.82, 2.24) is 10.5 Å². The Morgan fingerprint density at radius 3 is 2.76 bits per heavy atom. The van der Waals surface area contributed by atoms with Crippen LogP contribution in [0.4, 0.5) is 0 Å². The summed E-state index contributed by atoms with van der Waals surface area (Å²) in [5.74, 6) is 0.742. The number of hydrogen-bond donors (Lipinski definition) is 1. The van der Waals surface area contributed by atoms with E-state index in [1.54, 1.807) is 7.11 Å². The molecule has 0 aliphatic rings. The van der Waals surface area contributed by atoms with Crippen LogP contribution in [-0.4, -0.2) is 31.0 Å². The quantitative estimate of drug-likeness (QED) is 0.738. The molecule has 0 radical (unpaired) electrons. The molecule has 1 aromatic rings. The monoisotopic (exact) mass is 242 g/mol. The fraction of sp³-hybridized carbons (Fsp3) is 0.750. The van der Waals surface area contributed by atoms with Gasteiger partial charge in [0.15, 0.2) is 5.76 Å². The van der Waals surface area contributed by atoms with Gasteiger partial charge in [-0.25, -0.2) is 0 Å². The zero-order chi connectivity index (χ0) is 12.7. The normalized spacial score (nSPS) is 12.0. The van der Waals surface area contributed by atoms with Gasteiger partial charge < -0.3 is 19.3 Å². The van der Waals surface area contributed by atoms with E-state index in [0.717, 1.165) is 11.5 Å². The van der Waals surface area contributed by atoms with Crippen LogP contribution < -0.4 is 5.32 Å². The van der Waals surface area contributed by atoms with Gasteiger partial charge in [0.05, 0.1) is 18.9 Å². The summed E-state index contributed by atoms with van der Waals surface area (Å²) < 4.78 is 15.4. The molecule has 0 unspecified atom stereocenters. The van der Waals surface area contributed by atoms with E-state index < -0.39 is 0 Å². The molecule has 5 heteroatoms. The maximum absolute atomic E-state index is 5.34. The van der Waals surface area contributed by atoms with Crippen LogP contribution in [0, 0.1) is 0 Å². The molecule has 0 spiro atoms. The molecular formula is C12H22N2O3. The van der Waals surface area contributed by atoms with Crippen molar-refractivity contribution in [3.05, 3.63) is 17.5 Å². The first-order chi connectivity index (χ1) is 8.01. The summed E-state index contributed by atoms with van der Waals surface area (Å²) in [4.78, 5) is 0.